The molecule has 0 saturated carbocycles. The number of likely N-dealkylation sites (tertiary alicyclic amines) is 2. The van der Waals surface area contributed by atoms with Gasteiger partial charge >= 0.3 is 0 Å². The van der Waals surface area contributed by atoms with E-state index in [1.807, 2.05) is 60.4 Å². The van der Waals surface area contributed by atoms with Crippen LogP contribution in [0.1, 0.15) is 32.6 Å². The number of anilines is 2. The van der Waals surface area contributed by atoms with E-state index < -0.39 is 0 Å². The van der Waals surface area contributed by atoms with Crippen LogP contribution in [0.3, 0.4) is 0 Å². The van der Waals surface area contributed by atoms with Gasteiger partial charge in [-0.3, -0.25) is 14.5 Å². The molecule has 2 aliphatic heterocycles. The smallest absolute Gasteiger partial charge is 0.227 e. The second-order valence-corrected chi connectivity index (χ2v) is 12.7. The molecule has 2 aliphatic rings. The average Bonchev–Trinajstić information content (AvgIpc) is 3.52. The Balaban J connectivity index is 1.18. The van der Waals surface area contributed by atoms with E-state index in [4.69, 9.17) is 19.3 Å². The molecule has 1 aromatic heterocycles. The van der Waals surface area contributed by atoms with Crippen molar-refractivity contribution in [2.45, 2.75) is 13.5 Å². The van der Waals surface area contributed by atoms with E-state index in [1.54, 1.807) is 20.3 Å². The van der Waals surface area contributed by atoms with Crippen LogP contribution in [-0.2, 0) is 11.3 Å². The van der Waals surface area contributed by atoms with Crippen LogP contribution in [0.5, 0.6) is 11.5 Å². The van der Waals surface area contributed by atoms with Crippen LogP contribution in [0.25, 0.3) is 33.7 Å². The Kier molecular flexibility index (Phi) is 8.10. The molecule has 0 atom stereocenters. The van der Waals surface area contributed by atoms with E-state index in [0.717, 1.165) is 71.8 Å². The summed E-state index contributed by atoms with van der Waals surface area (Å²) in [6.45, 7) is 6.11. The fraction of sp³-hybridized carbons (Fsp3) is 0.237. The van der Waals surface area contributed by atoms with Gasteiger partial charge < -0.3 is 29.5 Å². The van der Waals surface area contributed by atoms with Gasteiger partial charge in [0.2, 0.25) is 12.3 Å². The molecule has 2 fully saturated rings. The molecule has 11 heteroatoms. The van der Waals surface area contributed by atoms with E-state index in [1.165, 1.54) is 12.3 Å². The van der Waals surface area contributed by atoms with Crippen molar-refractivity contribution in [3.63, 3.8) is 0 Å². The minimum atomic E-state index is 0.208. The molecule has 2 N–H and O–H groups in total. The first-order valence-electron chi connectivity index (χ1n) is 15.8. The first kappa shape index (κ1) is 31.6. The molecule has 7 rings (SSSR count). The van der Waals surface area contributed by atoms with E-state index in [0.29, 0.717) is 52.4 Å². The number of nitrogens with zero attached hydrogens (tertiary/aromatic N) is 4. The highest BCUT2D eigenvalue weighted by Crippen LogP contribution is 2.43. The number of benzene rings is 4. The number of nitrogens with one attached hydrogen (secondary N) is 2. The predicted molar refractivity (Wildman–Crippen MR) is 186 cm³/mol. The fourth-order valence-corrected chi connectivity index (χ4v) is 7.24. The molecule has 5 aromatic rings. The number of carbonyl (C=O) groups excluding carboxylic acids is 2. The molecule has 2 saturated heterocycles. The third kappa shape index (κ3) is 5.56. The molecule has 0 radical (unpaired) electrons. The van der Waals surface area contributed by atoms with Crippen molar-refractivity contribution in [3.8, 4) is 40.1 Å². The fourth-order valence-electron chi connectivity index (χ4n) is 7.24. The van der Waals surface area contributed by atoms with Crippen molar-refractivity contribution in [1.29, 1.82) is 10.7 Å². The topological polar surface area (TPSA) is 145 Å². The number of rotatable bonds is 11. The van der Waals surface area contributed by atoms with Gasteiger partial charge in [-0.15, -0.1) is 0 Å². The summed E-state index contributed by atoms with van der Waals surface area (Å²) in [5.74, 6) is 1.73. The van der Waals surface area contributed by atoms with Gasteiger partial charge in [-0.2, -0.15) is 5.26 Å². The summed E-state index contributed by atoms with van der Waals surface area (Å²) in [5, 5.41) is 21.5. The number of oxazole rings is 1. The lowest BCUT2D eigenvalue weighted by molar-refractivity contribution is -0.147. The number of fused-ring (bicyclic) bond motifs is 1. The maximum Gasteiger partial charge on any atom is 0.227 e. The van der Waals surface area contributed by atoms with Gasteiger partial charge in [0.1, 0.15) is 29.4 Å². The van der Waals surface area contributed by atoms with Gasteiger partial charge in [-0.25, -0.2) is 4.98 Å². The lowest BCUT2D eigenvalue weighted by atomic mass is 9.73. The number of ether oxygens (including phenoxy) is 2. The van der Waals surface area contributed by atoms with Crippen LogP contribution < -0.4 is 14.8 Å². The number of nitriles is 1. The summed E-state index contributed by atoms with van der Waals surface area (Å²) in [4.78, 5) is 31.2. The molecule has 1 amide bonds. The second kappa shape index (κ2) is 12.6. The van der Waals surface area contributed by atoms with Crippen molar-refractivity contribution in [2.24, 2.45) is 5.41 Å². The van der Waals surface area contributed by atoms with Crippen LogP contribution >= 0.6 is 0 Å². The number of methoxy groups -OCH3 is 2. The SMILES string of the molecule is COc1cc(Nc2cccc(-c3cccc(-c4nc5cc(C=O)cc(C#N)c5o4)c3C)c2C=N)cc(OC)c1CN1CC2(CN(C=O)C2)C1. The normalized spacial score (nSPS) is 14.9. The predicted octanol–water partition coefficient (Wildman–Crippen LogP) is 6.19. The van der Waals surface area contributed by atoms with Crippen LogP contribution in [0.15, 0.2) is 65.1 Å². The highest BCUT2D eigenvalue weighted by atomic mass is 16.5. The maximum absolute atomic E-state index is 11.4. The zero-order chi connectivity index (χ0) is 34.3. The van der Waals surface area contributed by atoms with Gasteiger partial charge in [0.15, 0.2) is 5.58 Å². The third-order valence-electron chi connectivity index (χ3n) is 9.49. The standard InChI is InChI=1S/C38H34N6O5/c1-23-27(6-4-7-28(23)37-42-33-11-24(17-45)10-25(14-39)36(33)49-37)29-8-5-9-32(30(29)15-40)41-26-12-34(47-2)31(35(13-26)48-3)16-43-18-38(19-43)20-44(21-38)22-46/h4-13,15,17,22,40-41H,16,18-21H2,1-3H3. The van der Waals surface area contributed by atoms with E-state index in [2.05, 4.69) is 21.3 Å². The van der Waals surface area contributed by atoms with Gasteiger partial charge in [-0.1, -0.05) is 24.3 Å². The number of hydrogen-bond donors (Lipinski definition) is 2. The van der Waals surface area contributed by atoms with E-state index in [-0.39, 0.29) is 11.0 Å². The molecule has 0 unspecified atom stereocenters. The highest BCUT2D eigenvalue weighted by Gasteiger charge is 2.51. The number of aldehydes is 1. The molecule has 1 spiro atoms. The van der Waals surface area contributed by atoms with Crippen LogP contribution in [0.2, 0.25) is 0 Å². The monoisotopic (exact) mass is 654 g/mol. The third-order valence-corrected chi connectivity index (χ3v) is 9.49. The molecule has 11 nitrogen and oxygen atoms in total. The Morgan fingerprint density at radius 3 is 2.35 bits per heavy atom. The van der Waals surface area contributed by atoms with Gasteiger partial charge in [-0.05, 0) is 47.9 Å². The Hall–Kier alpha value is -5.99. The van der Waals surface area contributed by atoms with Gasteiger partial charge in [0, 0.05) is 84.6 Å². The number of aromatic nitrogens is 1. The highest BCUT2D eigenvalue weighted by molar-refractivity contribution is 5.98. The Bertz CT molecular complexity index is 2140. The van der Waals surface area contributed by atoms with Crippen LogP contribution in [0, 0.1) is 29.1 Å². The lowest BCUT2D eigenvalue weighted by Gasteiger charge is -2.59. The van der Waals surface area contributed by atoms with Crippen molar-refractivity contribution in [1.82, 2.24) is 14.8 Å². The molecule has 4 aromatic carbocycles. The van der Waals surface area contributed by atoms with Crippen molar-refractivity contribution in [3.05, 3.63) is 88.5 Å². The largest absolute Gasteiger partial charge is 0.496 e. The van der Waals surface area contributed by atoms with Gasteiger partial charge in [0.25, 0.3) is 0 Å². The van der Waals surface area contributed by atoms with Crippen LogP contribution in [-0.4, -0.2) is 74.1 Å². The van der Waals surface area contributed by atoms with Crippen LogP contribution in [0.4, 0.5) is 11.4 Å². The molecular weight excluding hydrogens is 620 g/mol. The zero-order valence-electron chi connectivity index (χ0n) is 27.4. The summed E-state index contributed by atoms with van der Waals surface area (Å²) in [5.41, 5.74) is 8.01. The molecule has 246 valence electrons. The molecule has 0 aliphatic carbocycles. The Labute approximate surface area is 283 Å². The summed E-state index contributed by atoms with van der Waals surface area (Å²) in [6, 6.07) is 20.7. The van der Waals surface area contributed by atoms with E-state index in [9.17, 15) is 14.9 Å². The molecular formula is C38H34N6O5. The Morgan fingerprint density at radius 2 is 1.69 bits per heavy atom. The molecule has 3 heterocycles. The molecule has 0 bridgehead atoms. The van der Waals surface area contributed by atoms with Gasteiger partial charge in [0.05, 0.1) is 25.3 Å². The van der Waals surface area contributed by atoms with E-state index >= 15 is 0 Å². The maximum atomic E-state index is 11.4. The summed E-state index contributed by atoms with van der Waals surface area (Å²) < 4.78 is 17.7. The molecule has 49 heavy (non-hydrogen) atoms. The van der Waals surface area contributed by atoms with Crippen molar-refractivity contribution < 1.29 is 23.5 Å². The second-order valence-electron chi connectivity index (χ2n) is 12.7. The Morgan fingerprint density at radius 1 is 1.00 bits per heavy atom. The average molecular weight is 655 g/mol. The van der Waals surface area contributed by atoms with Crippen molar-refractivity contribution >= 4 is 41.4 Å². The summed E-state index contributed by atoms with van der Waals surface area (Å²) >= 11 is 0. The minimum absolute atomic E-state index is 0.208. The minimum Gasteiger partial charge on any atom is -0.496 e. The number of carbonyl (C=O) groups is 2. The first-order chi connectivity index (χ1) is 23.8. The number of amides is 1. The quantitative estimate of drug-likeness (QED) is 0.126. The van der Waals surface area contributed by atoms with Crippen molar-refractivity contribution in [2.75, 3.05) is 45.7 Å². The lowest BCUT2D eigenvalue weighted by Crippen LogP contribution is -2.71. The summed E-state index contributed by atoms with van der Waals surface area (Å²) in [6.07, 6.45) is 2.93. The first-order valence-corrected chi connectivity index (χ1v) is 15.8. The summed E-state index contributed by atoms with van der Waals surface area (Å²) in [7, 11) is 3.29. The zero-order valence-corrected chi connectivity index (χ0v) is 27.4. The number of hydrogen-bond acceptors (Lipinski definition) is 10.